The van der Waals surface area contributed by atoms with Crippen LogP contribution in [-0.2, 0) is 11.3 Å². The van der Waals surface area contributed by atoms with Crippen molar-refractivity contribution < 1.29 is 9.90 Å². The summed E-state index contributed by atoms with van der Waals surface area (Å²) in [6.07, 6.45) is 1.57. The number of amides is 1. The third-order valence-electron chi connectivity index (χ3n) is 1.75. The average molecular weight is 199 g/mol. The van der Waals surface area contributed by atoms with Gasteiger partial charge in [-0.2, -0.15) is 0 Å². The highest BCUT2D eigenvalue weighted by Gasteiger charge is 2.18. The van der Waals surface area contributed by atoms with Gasteiger partial charge in [0.1, 0.15) is 11.7 Å². The number of aliphatic hydroxyl groups is 1. The van der Waals surface area contributed by atoms with Crippen LogP contribution in [0.4, 0.5) is 0 Å². The van der Waals surface area contributed by atoms with E-state index in [1.807, 2.05) is 0 Å². The topological polar surface area (TPSA) is 106 Å². The second-order valence-corrected chi connectivity index (χ2v) is 2.75. The Balaban J connectivity index is 2.78. The van der Waals surface area contributed by atoms with Gasteiger partial charge in [-0.15, -0.1) is 5.10 Å². The fraction of sp³-hybridized carbons (Fsp3) is 0.571. The first-order valence-corrected chi connectivity index (χ1v) is 4.16. The molecule has 1 amide bonds. The van der Waals surface area contributed by atoms with Gasteiger partial charge in [0, 0.05) is 0 Å². The first kappa shape index (κ1) is 10.6. The van der Waals surface area contributed by atoms with Crippen molar-refractivity contribution in [1.82, 2.24) is 20.3 Å². The summed E-state index contributed by atoms with van der Waals surface area (Å²) in [4.78, 5) is 10.9. The number of carbonyl (C=O) groups excluding carboxylic acids is 1. The average Bonchev–Trinajstić information content (AvgIpc) is 2.54. The first-order valence-electron chi connectivity index (χ1n) is 4.16. The van der Waals surface area contributed by atoms with Crippen molar-refractivity contribution in [3.8, 4) is 0 Å². The molecule has 1 aromatic rings. The fourth-order valence-corrected chi connectivity index (χ4v) is 1.09. The number of nitrogens with two attached hydrogens (primary N) is 1. The highest BCUT2D eigenvalue weighted by Crippen LogP contribution is 2.06. The summed E-state index contributed by atoms with van der Waals surface area (Å²) in [6, 6.07) is -0.637. The summed E-state index contributed by atoms with van der Waals surface area (Å²) in [6.45, 7) is 0.325. The van der Waals surface area contributed by atoms with Crippen molar-refractivity contribution in [3.05, 3.63) is 11.9 Å². The molecule has 78 valence electrons. The van der Waals surface area contributed by atoms with E-state index in [9.17, 15) is 4.79 Å². The fourth-order valence-electron chi connectivity index (χ4n) is 1.09. The lowest BCUT2D eigenvalue weighted by atomic mass is 10.2. The van der Waals surface area contributed by atoms with Crippen LogP contribution in [0.2, 0.25) is 0 Å². The minimum absolute atomic E-state index is 0.0242. The lowest BCUT2D eigenvalue weighted by molar-refractivity contribution is -0.120. The van der Waals surface area contributed by atoms with Gasteiger partial charge in [0.15, 0.2) is 0 Å². The molecule has 1 rings (SSSR count). The van der Waals surface area contributed by atoms with Crippen LogP contribution in [0.1, 0.15) is 11.7 Å². The number of nitrogens with one attached hydrogen (secondary N) is 1. The number of aromatic nitrogens is 3. The van der Waals surface area contributed by atoms with Gasteiger partial charge in [-0.25, -0.2) is 4.68 Å². The van der Waals surface area contributed by atoms with Gasteiger partial charge >= 0.3 is 0 Å². The highest BCUT2D eigenvalue weighted by atomic mass is 16.3. The van der Waals surface area contributed by atoms with Gasteiger partial charge in [-0.05, 0) is 7.05 Å². The van der Waals surface area contributed by atoms with Gasteiger partial charge in [0.25, 0.3) is 0 Å². The van der Waals surface area contributed by atoms with E-state index in [0.717, 1.165) is 0 Å². The SMILES string of the molecule is CNC(C(N)=O)c1cn(CCO)nn1. The van der Waals surface area contributed by atoms with E-state index in [1.165, 1.54) is 4.68 Å². The van der Waals surface area contributed by atoms with Crippen molar-refractivity contribution in [2.45, 2.75) is 12.6 Å². The number of primary amides is 1. The number of hydrogen-bond donors (Lipinski definition) is 3. The predicted octanol–water partition coefficient (Wildman–Crippen LogP) is -1.98. The number of likely N-dealkylation sites (N-methyl/N-ethyl adjacent to an activating group) is 1. The molecule has 0 bridgehead atoms. The molecule has 0 saturated carbocycles. The third kappa shape index (κ3) is 2.27. The molecule has 0 saturated heterocycles. The quantitative estimate of drug-likeness (QED) is 0.509. The third-order valence-corrected chi connectivity index (χ3v) is 1.75. The monoisotopic (exact) mass is 199 g/mol. The van der Waals surface area contributed by atoms with Crippen molar-refractivity contribution in [2.75, 3.05) is 13.7 Å². The molecule has 1 heterocycles. The second-order valence-electron chi connectivity index (χ2n) is 2.75. The van der Waals surface area contributed by atoms with E-state index in [2.05, 4.69) is 15.6 Å². The maximum atomic E-state index is 10.9. The Bertz CT molecular complexity index is 311. The zero-order valence-electron chi connectivity index (χ0n) is 7.84. The van der Waals surface area contributed by atoms with Crippen LogP contribution < -0.4 is 11.1 Å². The van der Waals surface area contributed by atoms with E-state index in [0.29, 0.717) is 12.2 Å². The maximum Gasteiger partial charge on any atom is 0.240 e. The van der Waals surface area contributed by atoms with E-state index < -0.39 is 11.9 Å². The Morgan fingerprint density at radius 3 is 3.07 bits per heavy atom. The van der Waals surface area contributed by atoms with Gasteiger partial charge in [0.2, 0.25) is 5.91 Å². The standard InChI is InChI=1S/C7H13N5O2/c1-9-6(7(8)14)5-4-12(2-3-13)11-10-5/h4,6,9,13H,2-3H2,1H3,(H2,8,14). The summed E-state index contributed by atoms with van der Waals surface area (Å²) in [7, 11) is 1.61. The number of carbonyl (C=O) groups is 1. The van der Waals surface area contributed by atoms with Gasteiger partial charge in [-0.1, -0.05) is 5.21 Å². The van der Waals surface area contributed by atoms with Crippen LogP contribution in [0.5, 0.6) is 0 Å². The molecule has 14 heavy (non-hydrogen) atoms. The van der Waals surface area contributed by atoms with Gasteiger partial charge in [-0.3, -0.25) is 4.79 Å². The van der Waals surface area contributed by atoms with Crippen molar-refractivity contribution in [3.63, 3.8) is 0 Å². The molecule has 0 aliphatic rings. The van der Waals surface area contributed by atoms with Crippen LogP contribution in [-0.4, -0.2) is 39.7 Å². The minimum atomic E-state index is -0.637. The largest absolute Gasteiger partial charge is 0.394 e. The first-order chi connectivity index (χ1) is 6.69. The second kappa shape index (κ2) is 4.68. The summed E-state index contributed by atoms with van der Waals surface area (Å²) >= 11 is 0. The predicted molar refractivity (Wildman–Crippen MR) is 48.1 cm³/mol. The Morgan fingerprint density at radius 1 is 1.86 bits per heavy atom. The molecule has 0 aliphatic heterocycles. The molecular formula is C7H13N5O2. The molecule has 0 radical (unpaired) electrons. The lowest BCUT2D eigenvalue weighted by Gasteiger charge is -2.06. The summed E-state index contributed by atoms with van der Waals surface area (Å²) in [5, 5.41) is 18.8. The molecule has 4 N–H and O–H groups in total. The number of nitrogens with zero attached hydrogens (tertiary/aromatic N) is 3. The van der Waals surface area contributed by atoms with E-state index in [-0.39, 0.29) is 6.61 Å². The molecule has 0 fully saturated rings. The lowest BCUT2D eigenvalue weighted by Crippen LogP contribution is -2.31. The smallest absolute Gasteiger partial charge is 0.240 e. The summed E-state index contributed by atoms with van der Waals surface area (Å²) in [5.41, 5.74) is 5.59. The highest BCUT2D eigenvalue weighted by molar-refractivity contribution is 5.80. The zero-order valence-corrected chi connectivity index (χ0v) is 7.84. The number of aliphatic hydroxyl groups excluding tert-OH is 1. The van der Waals surface area contributed by atoms with Crippen LogP contribution in [0, 0.1) is 0 Å². The van der Waals surface area contributed by atoms with Gasteiger partial charge in [0.05, 0.1) is 19.3 Å². The summed E-state index contributed by atoms with van der Waals surface area (Å²) in [5.74, 6) is -0.511. The van der Waals surface area contributed by atoms with Gasteiger partial charge < -0.3 is 16.2 Å². The number of rotatable bonds is 5. The number of hydrogen-bond acceptors (Lipinski definition) is 5. The van der Waals surface area contributed by atoms with E-state index in [4.69, 9.17) is 10.8 Å². The minimum Gasteiger partial charge on any atom is -0.394 e. The van der Waals surface area contributed by atoms with Crippen molar-refractivity contribution >= 4 is 5.91 Å². The molecule has 1 unspecified atom stereocenters. The van der Waals surface area contributed by atoms with Crippen LogP contribution in [0.3, 0.4) is 0 Å². The molecule has 1 atom stereocenters. The Labute approximate surface area is 80.9 Å². The van der Waals surface area contributed by atoms with Crippen molar-refractivity contribution in [2.24, 2.45) is 5.73 Å². The maximum absolute atomic E-state index is 10.9. The molecule has 0 spiro atoms. The molecule has 1 aromatic heterocycles. The summed E-state index contributed by atoms with van der Waals surface area (Å²) < 4.78 is 1.45. The Morgan fingerprint density at radius 2 is 2.57 bits per heavy atom. The Hall–Kier alpha value is -1.47. The van der Waals surface area contributed by atoms with Crippen LogP contribution in [0.25, 0.3) is 0 Å². The molecular weight excluding hydrogens is 186 g/mol. The Kier molecular flexibility index (Phi) is 3.55. The van der Waals surface area contributed by atoms with Crippen molar-refractivity contribution in [1.29, 1.82) is 0 Å². The molecule has 0 aliphatic carbocycles. The molecule has 0 aromatic carbocycles. The molecule has 7 nitrogen and oxygen atoms in total. The normalized spacial score (nSPS) is 12.7. The van der Waals surface area contributed by atoms with E-state index >= 15 is 0 Å². The van der Waals surface area contributed by atoms with Crippen LogP contribution in [0.15, 0.2) is 6.20 Å². The zero-order chi connectivity index (χ0) is 10.6. The van der Waals surface area contributed by atoms with E-state index in [1.54, 1.807) is 13.2 Å². The molecule has 7 heteroatoms. The van der Waals surface area contributed by atoms with Crippen LogP contribution >= 0.6 is 0 Å².